The van der Waals surface area contributed by atoms with Gasteiger partial charge in [0.25, 0.3) is 0 Å². The molecule has 1 aliphatic rings. The van der Waals surface area contributed by atoms with E-state index in [1.54, 1.807) is 4.90 Å². The Balaban J connectivity index is 2.36. The zero-order chi connectivity index (χ0) is 9.52. The van der Waals surface area contributed by atoms with Gasteiger partial charge in [-0.25, -0.2) is 0 Å². The van der Waals surface area contributed by atoms with Crippen LogP contribution in [0.4, 0.5) is 0 Å². The number of nitrogens with zero attached hydrogens (tertiary/aromatic N) is 4. The molecule has 0 aromatic heterocycles. The highest BCUT2D eigenvalue weighted by atomic mass is 16.2. The SMILES string of the molecule is [N-]=[N+]=NCCN1CCCCCC1=O. The van der Waals surface area contributed by atoms with E-state index in [1.807, 2.05) is 0 Å². The molecule has 0 N–H and O–H groups in total. The Morgan fingerprint density at radius 3 is 3.08 bits per heavy atom. The molecule has 0 saturated carbocycles. The first-order valence-corrected chi connectivity index (χ1v) is 4.63. The first-order valence-electron chi connectivity index (χ1n) is 4.63. The summed E-state index contributed by atoms with van der Waals surface area (Å²) in [6, 6.07) is 0. The predicted octanol–water partition coefficient (Wildman–Crippen LogP) is 1.70. The van der Waals surface area contributed by atoms with Crippen molar-refractivity contribution in [3.05, 3.63) is 10.4 Å². The second-order valence-corrected chi connectivity index (χ2v) is 3.15. The Morgan fingerprint density at radius 2 is 2.31 bits per heavy atom. The van der Waals surface area contributed by atoms with Crippen LogP contribution in [0.3, 0.4) is 0 Å². The lowest BCUT2D eigenvalue weighted by atomic mass is 10.2. The Bertz CT molecular complexity index is 222. The smallest absolute Gasteiger partial charge is 0.222 e. The third-order valence-corrected chi connectivity index (χ3v) is 2.20. The van der Waals surface area contributed by atoms with Crippen LogP contribution in [-0.4, -0.2) is 30.4 Å². The van der Waals surface area contributed by atoms with E-state index in [9.17, 15) is 4.79 Å². The van der Waals surface area contributed by atoms with Crippen molar-refractivity contribution in [2.75, 3.05) is 19.6 Å². The second kappa shape index (κ2) is 5.43. The molecular formula is C8H14N4O. The average Bonchev–Trinajstić information content (AvgIpc) is 2.32. The van der Waals surface area contributed by atoms with E-state index in [-0.39, 0.29) is 5.91 Å². The second-order valence-electron chi connectivity index (χ2n) is 3.15. The van der Waals surface area contributed by atoms with Gasteiger partial charge in [0.1, 0.15) is 0 Å². The minimum absolute atomic E-state index is 0.200. The van der Waals surface area contributed by atoms with Crippen molar-refractivity contribution < 1.29 is 4.79 Å². The number of rotatable bonds is 3. The maximum Gasteiger partial charge on any atom is 0.222 e. The van der Waals surface area contributed by atoms with Crippen molar-refractivity contribution in [2.24, 2.45) is 5.11 Å². The molecule has 0 radical (unpaired) electrons. The van der Waals surface area contributed by atoms with Crippen LogP contribution in [-0.2, 0) is 4.79 Å². The number of carbonyl (C=O) groups is 1. The summed E-state index contributed by atoms with van der Waals surface area (Å²) in [6.45, 7) is 1.78. The summed E-state index contributed by atoms with van der Waals surface area (Å²) >= 11 is 0. The number of carbonyl (C=O) groups excluding carboxylic acids is 1. The third-order valence-electron chi connectivity index (χ3n) is 2.20. The Kier molecular flexibility index (Phi) is 4.12. The number of hydrogen-bond acceptors (Lipinski definition) is 2. The van der Waals surface area contributed by atoms with Crippen molar-refractivity contribution >= 4 is 5.91 Å². The van der Waals surface area contributed by atoms with Gasteiger partial charge >= 0.3 is 0 Å². The number of likely N-dealkylation sites (tertiary alicyclic amines) is 1. The van der Waals surface area contributed by atoms with E-state index in [1.165, 1.54) is 0 Å². The molecule has 0 aliphatic carbocycles. The topological polar surface area (TPSA) is 69.1 Å². The van der Waals surface area contributed by atoms with Gasteiger partial charge in [-0.05, 0) is 18.4 Å². The van der Waals surface area contributed by atoms with Crippen molar-refractivity contribution in [2.45, 2.75) is 25.7 Å². The zero-order valence-electron chi connectivity index (χ0n) is 7.65. The van der Waals surface area contributed by atoms with Crippen molar-refractivity contribution in [3.63, 3.8) is 0 Å². The van der Waals surface area contributed by atoms with Crippen molar-refractivity contribution in [1.29, 1.82) is 0 Å². The van der Waals surface area contributed by atoms with E-state index in [0.717, 1.165) is 25.8 Å². The molecule has 0 atom stereocenters. The summed E-state index contributed by atoms with van der Waals surface area (Å²) < 4.78 is 0. The molecule has 0 aromatic rings. The highest BCUT2D eigenvalue weighted by molar-refractivity contribution is 5.76. The molecule has 0 aromatic carbocycles. The Morgan fingerprint density at radius 1 is 1.46 bits per heavy atom. The van der Waals surface area contributed by atoms with Crippen LogP contribution < -0.4 is 0 Å². The average molecular weight is 182 g/mol. The lowest BCUT2D eigenvalue weighted by molar-refractivity contribution is -0.130. The molecule has 5 heteroatoms. The van der Waals surface area contributed by atoms with E-state index in [2.05, 4.69) is 10.0 Å². The molecule has 72 valence electrons. The first kappa shape index (κ1) is 9.86. The van der Waals surface area contributed by atoms with Gasteiger partial charge in [-0.2, -0.15) is 0 Å². The highest BCUT2D eigenvalue weighted by Crippen LogP contribution is 2.10. The largest absolute Gasteiger partial charge is 0.343 e. The highest BCUT2D eigenvalue weighted by Gasteiger charge is 2.14. The molecule has 0 spiro atoms. The van der Waals surface area contributed by atoms with Gasteiger partial charge in [-0.15, -0.1) is 0 Å². The van der Waals surface area contributed by atoms with Gasteiger partial charge in [-0.3, -0.25) is 4.79 Å². The summed E-state index contributed by atoms with van der Waals surface area (Å²) in [6.07, 6.45) is 3.85. The van der Waals surface area contributed by atoms with E-state index < -0.39 is 0 Å². The lowest BCUT2D eigenvalue weighted by Gasteiger charge is -2.18. The van der Waals surface area contributed by atoms with Gasteiger partial charge in [0.05, 0.1) is 0 Å². The maximum absolute atomic E-state index is 11.4. The van der Waals surface area contributed by atoms with E-state index in [4.69, 9.17) is 5.53 Å². The Hall–Kier alpha value is -1.22. The normalized spacial score (nSPS) is 17.8. The van der Waals surface area contributed by atoms with Gasteiger partial charge in [-0.1, -0.05) is 11.5 Å². The first-order chi connectivity index (χ1) is 6.34. The summed E-state index contributed by atoms with van der Waals surface area (Å²) in [7, 11) is 0. The molecule has 1 saturated heterocycles. The van der Waals surface area contributed by atoms with Crippen LogP contribution >= 0.6 is 0 Å². The molecule has 1 fully saturated rings. The lowest BCUT2D eigenvalue weighted by Crippen LogP contribution is -2.32. The van der Waals surface area contributed by atoms with Crippen LogP contribution in [0.1, 0.15) is 25.7 Å². The minimum atomic E-state index is 0.200. The molecule has 1 rings (SSSR count). The van der Waals surface area contributed by atoms with Crippen molar-refractivity contribution in [1.82, 2.24) is 4.90 Å². The molecule has 1 aliphatic heterocycles. The summed E-state index contributed by atoms with van der Waals surface area (Å²) in [5.41, 5.74) is 8.07. The number of azide groups is 1. The molecule has 0 unspecified atom stereocenters. The predicted molar refractivity (Wildman–Crippen MR) is 49.1 cm³/mol. The van der Waals surface area contributed by atoms with Crippen molar-refractivity contribution in [3.8, 4) is 0 Å². The maximum atomic E-state index is 11.4. The molecule has 1 amide bonds. The fraction of sp³-hybridized carbons (Fsp3) is 0.875. The molecule has 0 bridgehead atoms. The van der Waals surface area contributed by atoms with Gasteiger partial charge < -0.3 is 4.90 Å². The van der Waals surface area contributed by atoms with Crippen LogP contribution in [0.15, 0.2) is 5.11 Å². The van der Waals surface area contributed by atoms with Crippen LogP contribution in [0.5, 0.6) is 0 Å². The standard InChI is InChI=1S/C8H14N4O/c9-11-10-5-7-12-6-3-1-2-4-8(12)13/h1-7H2. The fourth-order valence-electron chi connectivity index (χ4n) is 1.49. The molecule has 13 heavy (non-hydrogen) atoms. The monoisotopic (exact) mass is 182 g/mol. The molecular weight excluding hydrogens is 168 g/mol. The van der Waals surface area contributed by atoms with E-state index in [0.29, 0.717) is 19.5 Å². The fourth-order valence-corrected chi connectivity index (χ4v) is 1.49. The van der Waals surface area contributed by atoms with Gasteiger partial charge in [0, 0.05) is 31.0 Å². The van der Waals surface area contributed by atoms with Crippen LogP contribution in [0, 0.1) is 0 Å². The quantitative estimate of drug-likeness (QED) is 0.372. The number of hydrogen-bond donors (Lipinski definition) is 0. The minimum Gasteiger partial charge on any atom is -0.343 e. The summed E-state index contributed by atoms with van der Waals surface area (Å²) in [5, 5.41) is 3.42. The third kappa shape index (κ3) is 3.34. The Labute approximate surface area is 77.3 Å². The number of amides is 1. The molecule has 1 heterocycles. The van der Waals surface area contributed by atoms with Crippen LogP contribution in [0.2, 0.25) is 0 Å². The summed E-state index contributed by atoms with van der Waals surface area (Å²) in [4.78, 5) is 15.8. The molecule has 5 nitrogen and oxygen atoms in total. The zero-order valence-corrected chi connectivity index (χ0v) is 7.65. The van der Waals surface area contributed by atoms with Gasteiger partial charge in [0.15, 0.2) is 0 Å². The summed E-state index contributed by atoms with van der Waals surface area (Å²) in [5.74, 6) is 0.200. The van der Waals surface area contributed by atoms with E-state index >= 15 is 0 Å². The van der Waals surface area contributed by atoms with Gasteiger partial charge in [0.2, 0.25) is 5.91 Å². The van der Waals surface area contributed by atoms with Crippen LogP contribution in [0.25, 0.3) is 10.4 Å².